The highest BCUT2D eigenvalue weighted by Gasteiger charge is 2.03. The fourth-order valence-electron chi connectivity index (χ4n) is 2.40. The Morgan fingerprint density at radius 3 is 2.65 bits per heavy atom. The highest BCUT2D eigenvalue weighted by molar-refractivity contribution is 14.0. The Kier molecular flexibility index (Phi) is 10.8. The molecule has 0 bridgehead atoms. The summed E-state index contributed by atoms with van der Waals surface area (Å²) in [5.74, 6) is 0.825. The SMILES string of the molecule is CCNC(=NCc1cccc(CN(C)CC)c1)NCc1ncc(C)s1.I. The molecule has 2 N–H and O–H groups in total. The maximum absolute atomic E-state index is 4.70. The smallest absolute Gasteiger partial charge is 0.191 e. The van der Waals surface area contributed by atoms with Crippen LogP contribution in [0, 0.1) is 6.92 Å². The van der Waals surface area contributed by atoms with Crippen molar-refractivity contribution in [1.29, 1.82) is 0 Å². The summed E-state index contributed by atoms with van der Waals surface area (Å²) in [6, 6.07) is 8.66. The lowest BCUT2D eigenvalue weighted by Gasteiger charge is -2.14. The van der Waals surface area contributed by atoms with Crippen molar-refractivity contribution in [2.45, 2.75) is 40.4 Å². The summed E-state index contributed by atoms with van der Waals surface area (Å²) in [5, 5.41) is 7.73. The summed E-state index contributed by atoms with van der Waals surface area (Å²) < 4.78 is 0. The number of hydrogen-bond donors (Lipinski definition) is 2. The van der Waals surface area contributed by atoms with Crippen LogP contribution in [-0.2, 0) is 19.6 Å². The third-order valence-electron chi connectivity index (χ3n) is 3.82. The Bertz CT molecular complexity index is 686. The van der Waals surface area contributed by atoms with Gasteiger partial charge in [-0.1, -0.05) is 31.2 Å². The molecule has 0 aliphatic heterocycles. The standard InChI is InChI=1S/C19H29N5S.HI/c1-5-20-19(23-13-18-21-11-15(3)25-18)22-12-16-8-7-9-17(10-16)14-24(4)6-2;/h7-11H,5-6,12-14H2,1-4H3,(H2,20,22,23);1H. The van der Waals surface area contributed by atoms with E-state index in [-0.39, 0.29) is 24.0 Å². The van der Waals surface area contributed by atoms with E-state index >= 15 is 0 Å². The van der Waals surface area contributed by atoms with Crippen molar-refractivity contribution in [2.75, 3.05) is 20.1 Å². The van der Waals surface area contributed by atoms with E-state index in [1.165, 1.54) is 16.0 Å². The summed E-state index contributed by atoms with van der Waals surface area (Å²) in [6.45, 7) is 10.5. The molecule has 0 fully saturated rings. The van der Waals surface area contributed by atoms with Crippen LogP contribution in [0.1, 0.15) is 34.9 Å². The van der Waals surface area contributed by atoms with Gasteiger partial charge in [0.25, 0.3) is 0 Å². The zero-order chi connectivity index (χ0) is 18.1. The first-order valence-electron chi connectivity index (χ1n) is 8.80. The average molecular weight is 487 g/mol. The highest BCUT2D eigenvalue weighted by Crippen LogP contribution is 2.11. The first-order valence-corrected chi connectivity index (χ1v) is 9.62. The Morgan fingerprint density at radius 2 is 2.00 bits per heavy atom. The van der Waals surface area contributed by atoms with Crippen LogP contribution in [0.3, 0.4) is 0 Å². The lowest BCUT2D eigenvalue weighted by molar-refractivity contribution is 0.345. The fraction of sp³-hybridized carbons (Fsp3) is 0.474. The number of thiazole rings is 1. The molecule has 0 aliphatic rings. The molecule has 1 aromatic heterocycles. The molecule has 0 spiro atoms. The van der Waals surface area contributed by atoms with Gasteiger partial charge >= 0.3 is 0 Å². The first kappa shape index (κ1) is 22.9. The van der Waals surface area contributed by atoms with E-state index in [9.17, 15) is 0 Å². The molecule has 7 heteroatoms. The number of guanidine groups is 1. The van der Waals surface area contributed by atoms with Gasteiger partial charge in [-0.3, -0.25) is 0 Å². The molecule has 144 valence electrons. The van der Waals surface area contributed by atoms with E-state index in [1.54, 1.807) is 11.3 Å². The molecule has 2 rings (SSSR count). The number of aliphatic imine (C=N–C) groups is 1. The predicted molar refractivity (Wildman–Crippen MR) is 122 cm³/mol. The van der Waals surface area contributed by atoms with Crippen molar-refractivity contribution in [3.63, 3.8) is 0 Å². The number of benzene rings is 1. The molecule has 1 heterocycles. The molecule has 26 heavy (non-hydrogen) atoms. The Morgan fingerprint density at radius 1 is 1.23 bits per heavy atom. The maximum Gasteiger partial charge on any atom is 0.191 e. The number of nitrogens with zero attached hydrogens (tertiary/aromatic N) is 3. The van der Waals surface area contributed by atoms with Crippen molar-refractivity contribution >= 4 is 41.3 Å². The zero-order valence-electron chi connectivity index (χ0n) is 16.1. The number of aromatic nitrogens is 1. The minimum absolute atomic E-state index is 0. The molecule has 1 aromatic carbocycles. The second kappa shape index (κ2) is 12.2. The summed E-state index contributed by atoms with van der Waals surface area (Å²) in [4.78, 5) is 12.6. The largest absolute Gasteiger partial charge is 0.357 e. The Hall–Kier alpha value is -1.19. The Balaban J connectivity index is 0.00000338. The van der Waals surface area contributed by atoms with Crippen LogP contribution >= 0.6 is 35.3 Å². The van der Waals surface area contributed by atoms with Crippen LogP contribution in [0.2, 0.25) is 0 Å². The molecule has 0 aliphatic carbocycles. The molecular formula is C19H30IN5S. The summed E-state index contributed by atoms with van der Waals surface area (Å²) >= 11 is 1.71. The topological polar surface area (TPSA) is 52.6 Å². The van der Waals surface area contributed by atoms with E-state index in [0.29, 0.717) is 13.1 Å². The molecular weight excluding hydrogens is 457 g/mol. The lowest BCUT2D eigenvalue weighted by atomic mass is 10.1. The third kappa shape index (κ3) is 8.01. The zero-order valence-corrected chi connectivity index (χ0v) is 19.2. The molecule has 0 radical (unpaired) electrons. The average Bonchev–Trinajstić information content (AvgIpc) is 3.03. The van der Waals surface area contributed by atoms with Crippen LogP contribution < -0.4 is 10.6 Å². The van der Waals surface area contributed by atoms with Gasteiger partial charge in [0.1, 0.15) is 5.01 Å². The lowest BCUT2D eigenvalue weighted by Crippen LogP contribution is -2.36. The molecule has 2 aromatic rings. The summed E-state index contributed by atoms with van der Waals surface area (Å²) in [7, 11) is 2.14. The molecule has 0 atom stereocenters. The van der Waals surface area contributed by atoms with Gasteiger partial charge in [0.15, 0.2) is 5.96 Å². The summed E-state index contributed by atoms with van der Waals surface area (Å²) in [5.41, 5.74) is 2.55. The number of aryl methyl sites for hydroxylation is 1. The number of rotatable bonds is 8. The van der Waals surface area contributed by atoms with Crippen LogP contribution in [0.25, 0.3) is 0 Å². The number of nitrogens with one attached hydrogen (secondary N) is 2. The molecule has 0 amide bonds. The second-order valence-corrected chi connectivity index (χ2v) is 7.38. The third-order valence-corrected chi connectivity index (χ3v) is 4.74. The Labute approximate surface area is 178 Å². The minimum Gasteiger partial charge on any atom is -0.357 e. The van der Waals surface area contributed by atoms with Gasteiger partial charge in [0, 0.05) is 24.2 Å². The normalized spacial score (nSPS) is 11.3. The van der Waals surface area contributed by atoms with Gasteiger partial charge < -0.3 is 15.5 Å². The van der Waals surface area contributed by atoms with Crippen molar-refractivity contribution in [3.05, 3.63) is 51.5 Å². The second-order valence-electron chi connectivity index (χ2n) is 6.06. The minimum atomic E-state index is 0. The maximum atomic E-state index is 4.70. The van der Waals surface area contributed by atoms with E-state index < -0.39 is 0 Å². The van der Waals surface area contributed by atoms with E-state index in [2.05, 4.69) is 72.6 Å². The van der Waals surface area contributed by atoms with Gasteiger partial charge in [-0.2, -0.15) is 0 Å². The number of halogens is 1. The van der Waals surface area contributed by atoms with Crippen molar-refractivity contribution < 1.29 is 0 Å². The van der Waals surface area contributed by atoms with Gasteiger partial charge in [0.05, 0.1) is 13.1 Å². The quantitative estimate of drug-likeness (QED) is 0.338. The van der Waals surface area contributed by atoms with Gasteiger partial charge in [-0.05, 0) is 38.6 Å². The van der Waals surface area contributed by atoms with Gasteiger partial charge in [-0.25, -0.2) is 9.98 Å². The van der Waals surface area contributed by atoms with Crippen molar-refractivity contribution in [3.8, 4) is 0 Å². The van der Waals surface area contributed by atoms with Crippen LogP contribution in [0.4, 0.5) is 0 Å². The molecule has 5 nitrogen and oxygen atoms in total. The van der Waals surface area contributed by atoms with E-state index in [1.807, 2.05) is 6.20 Å². The van der Waals surface area contributed by atoms with Crippen molar-refractivity contribution in [2.24, 2.45) is 4.99 Å². The van der Waals surface area contributed by atoms with E-state index in [4.69, 9.17) is 4.99 Å². The predicted octanol–water partition coefficient (Wildman–Crippen LogP) is 3.78. The van der Waals surface area contributed by atoms with Crippen LogP contribution in [0.15, 0.2) is 35.5 Å². The van der Waals surface area contributed by atoms with Crippen LogP contribution in [0.5, 0.6) is 0 Å². The van der Waals surface area contributed by atoms with Crippen molar-refractivity contribution in [1.82, 2.24) is 20.5 Å². The van der Waals surface area contributed by atoms with Crippen LogP contribution in [-0.4, -0.2) is 36.0 Å². The van der Waals surface area contributed by atoms with E-state index in [0.717, 1.165) is 30.6 Å². The first-order chi connectivity index (χ1) is 12.1. The summed E-state index contributed by atoms with van der Waals surface area (Å²) in [6.07, 6.45) is 1.91. The monoisotopic (exact) mass is 487 g/mol. The fourth-order valence-corrected chi connectivity index (χ4v) is 3.13. The van der Waals surface area contributed by atoms with Gasteiger partial charge in [-0.15, -0.1) is 35.3 Å². The molecule has 0 saturated carbocycles. The molecule has 0 unspecified atom stereocenters. The number of hydrogen-bond acceptors (Lipinski definition) is 4. The van der Waals surface area contributed by atoms with Gasteiger partial charge in [0.2, 0.25) is 0 Å². The molecule has 0 saturated heterocycles. The highest BCUT2D eigenvalue weighted by atomic mass is 127.